The van der Waals surface area contributed by atoms with Crippen molar-refractivity contribution in [3.05, 3.63) is 58.4 Å². The molecule has 1 fully saturated rings. The molecule has 0 atom stereocenters. The Morgan fingerprint density at radius 1 is 1.19 bits per heavy atom. The van der Waals surface area contributed by atoms with Gasteiger partial charge in [-0.05, 0) is 56.0 Å². The second-order valence-corrected chi connectivity index (χ2v) is 6.81. The van der Waals surface area contributed by atoms with Crippen molar-refractivity contribution in [3.63, 3.8) is 0 Å². The molecular formula is C20H21ClFNO3. The highest BCUT2D eigenvalue weighted by Crippen LogP contribution is 2.28. The lowest BCUT2D eigenvalue weighted by atomic mass is 9.98. The van der Waals surface area contributed by atoms with Gasteiger partial charge in [-0.2, -0.15) is 0 Å². The molecule has 0 radical (unpaired) electrons. The Morgan fingerprint density at radius 3 is 2.69 bits per heavy atom. The van der Waals surface area contributed by atoms with Gasteiger partial charge in [0, 0.05) is 5.56 Å². The second kappa shape index (κ2) is 8.41. The van der Waals surface area contributed by atoms with E-state index in [1.165, 1.54) is 24.6 Å². The molecule has 1 saturated carbocycles. The van der Waals surface area contributed by atoms with Crippen LogP contribution in [0.5, 0.6) is 5.75 Å². The van der Waals surface area contributed by atoms with E-state index in [2.05, 4.69) is 0 Å². The number of nitrogen functional groups attached to an aromatic ring is 1. The second-order valence-electron chi connectivity index (χ2n) is 6.41. The van der Waals surface area contributed by atoms with Crippen molar-refractivity contribution < 1.29 is 18.7 Å². The van der Waals surface area contributed by atoms with Gasteiger partial charge >= 0.3 is 5.97 Å². The lowest BCUT2D eigenvalue weighted by molar-refractivity contribution is 0.0210. The molecule has 138 valence electrons. The van der Waals surface area contributed by atoms with Gasteiger partial charge < -0.3 is 15.2 Å². The van der Waals surface area contributed by atoms with Crippen LogP contribution in [-0.2, 0) is 11.3 Å². The molecule has 0 heterocycles. The molecule has 0 bridgehead atoms. The average Bonchev–Trinajstić information content (AvgIpc) is 2.63. The number of nitrogens with two attached hydrogens (primary N) is 1. The number of hydrogen-bond donors (Lipinski definition) is 1. The van der Waals surface area contributed by atoms with Crippen LogP contribution in [0.15, 0.2) is 36.4 Å². The summed E-state index contributed by atoms with van der Waals surface area (Å²) in [4.78, 5) is 12.4. The van der Waals surface area contributed by atoms with Crippen molar-refractivity contribution in [2.45, 2.75) is 44.8 Å². The molecule has 0 saturated heterocycles. The third kappa shape index (κ3) is 4.47. The average molecular weight is 378 g/mol. The molecule has 6 heteroatoms. The lowest BCUT2D eigenvalue weighted by Crippen LogP contribution is -2.21. The normalized spacial score (nSPS) is 14.8. The maximum atomic E-state index is 13.9. The van der Waals surface area contributed by atoms with Crippen LogP contribution in [0.25, 0.3) is 0 Å². The van der Waals surface area contributed by atoms with E-state index in [-0.39, 0.29) is 23.3 Å². The molecule has 0 unspecified atom stereocenters. The summed E-state index contributed by atoms with van der Waals surface area (Å²) < 4.78 is 25.0. The zero-order valence-electron chi connectivity index (χ0n) is 14.3. The molecule has 0 spiro atoms. The van der Waals surface area contributed by atoms with Crippen LogP contribution in [0.3, 0.4) is 0 Å². The van der Waals surface area contributed by atoms with Gasteiger partial charge in [-0.1, -0.05) is 24.1 Å². The molecule has 2 N–H and O–H groups in total. The standard InChI is InChI=1S/C20H21ClFNO3/c21-16-7-4-8-17(22)15(16)12-25-19-11-13(9-10-18(19)23)20(24)26-14-5-2-1-3-6-14/h4,7-11,14H,1-3,5-6,12,23H2. The van der Waals surface area contributed by atoms with Crippen molar-refractivity contribution in [1.29, 1.82) is 0 Å². The highest BCUT2D eigenvalue weighted by atomic mass is 35.5. The Kier molecular flexibility index (Phi) is 5.99. The highest BCUT2D eigenvalue weighted by Gasteiger charge is 2.19. The fourth-order valence-corrected chi connectivity index (χ4v) is 3.23. The molecule has 26 heavy (non-hydrogen) atoms. The van der Waals surface area contributed by atoms with E-state index in [1.54, 1.807) is 18.2 Å². The number of rotatable bonds is 5. The minimum absolute atomic E-state index is 0.0320. The predicted molar refractivity (Wildman–Crippen MR) is 98.9 cm³/mol. The summed E-state index contributed by atoms with van der Waals surface area (Å²) in [7, 11) is 0. The van der Waals surface area contributed by atoms with Gasteiger partial charge in [0.1, 0.15) is 24.3 Å². The van der Waals surface area contributed by atoms with Gasteiger partial charge in [-0.3, -0.25) is 0 Å². The van der Waals surface area contributed by atoms with Crippen molar-refractivity contribution >= 4 is 23.3 Å². The summed E-state index contributed by atoms with van der Waals surface area (Å²) in [6, 6.07) is 9.13. The molecule has 0 aliphatic heterocycles. The molecular weight excluding hydrogens is 357 g/mol. The number of halogens is 2. The number of anilines is 1. The molecule has 0 aromatic heterocycles. The first-order valence-corrected chi connectivity index (χ1v) is 9.08. The molecule has 1 aliphatic rings. The third-order valence-electron chi connectivity index (χ3n) is 4.51. The Morgan fingerprint density at radius 2 is 1.96 bits per heavy atom. The topological polar surface area (TPSA) is 61.6 Å². The molecule has 0 amide bonds. The van der Waals surface area contributed by atoms with Crippen LogP contribution >= 0.6 is 11.6 Å². The Balaban J connectivity index is 1.70. The number of carbonyl (C=O) groups excluding carboxylic acids is 1. The largest absolute Gasteiger partial charge is 0.487 e. The van der Waals surface area contributed by atoms with E-state index >= 15 is 0 Å². The Hall–Kier alpha value is -2.27. The first kappa shape index (κ1) is 18.5. The minimum atomic E-state index is -0.455. The fraction of sp³-hybridized carbons (Fsp3) is 0.350. The Labute approximate surface area is 157 Å². The van der Waals surface area contributed by atoms with Crippen LogP contribution in [0.4, 0.5) is 10.1 Å². The van der Waals surface area contributed by atoms with Crippen LogP contribution in [0.1, 0.15) is 48.0 Å². The van der Waals surface area contributed by atoms with E-state index < -0.39 is 11.8 Å². The molecule has 4 nitrogen and oxygen atoms in total. The lowest BCUT2D eigenvalue weighted by Gasteiger charge is -2.22. The number of benzene rings is 2. The summed E-state index contributed by atoms with van der Waals surface area (Å²) in [5.41, 5.74) is 6.86. The van der Waals surface area contributed by atoms with Gasteiger partial charge in [0.2, 0.25) is 0 Å². The third-order valence-corrected chi connectivity index (χ3v) is 4.86. The summed E-state index contributed by atoms with van der Waals surface area (Å²) in [6.45, 7) is -0.0865. The molecule has 2 aromatic carbocycles. The van der Waals surface area contributed by atoms with Gasteiger partial charge in [-0.25, -0.2) is 9.18 Å². The van der Waals surface area contributed by atoms with Crippen LogP contribution in [0.2, 0.25) is 5.02 Å². The van der Waals surface area contributed by atoms with E-state index in [9.17, 15) is 9.18 Å². The van der Waals surface area contributed by atoms with E-state index in [0.717, 1.165) is 25.7 Å². The Bertz CT molecular complexity index is 770. The number of ether oxygens (including phenoxy) is 2. The smallest absolute Gasteiger partial charge is 0.338 e. The van der Waals surface area contributed by atoms with Crippen molar-refractivity contribution in [1.82, 2.24) is 0 Å². The minimum Gasteiger partial charge on any atom is -0.487 e. The highest BCUT2D eigenvalue weighted by molar-refractivity contribution is 6.31. The van der Waals surface area contributed by atoms with Gasteiger partial charge in [-0.15, -0.1) is 0 Å². The van der Waals surface area contributed by atoms with Gasteiger partial charge in [0.25, 0.3) is 0 Å². The molecule has 3 rings (SSSR count). The van der Waals surface area contributed by atoms with Gasteiger partial charge in [0.05, 0.1) is 16.3 Å². The zero-order chi connectivity index (χ0) is 18.5. The zero-order valence-corrected chi connectivity index (χ0v) is 15.1. The first-order chi connectivity index (χ1) is 12.5. The monoisotopic (exact) mass is 377 g/mol. The number of esters is 1. The van der Waals surface area contributed by atoms with Crippen LogP contribution in [-0.4, -0.2) is 12.1 Å². The van der Waals surface area contributed by atoms with Crippen molar-refractivity contribution in [3.8, 4) is 5.75 Å². The molecule has 2 aromatic rings. The van der Waals surface area contributed by atoms with E-state index in [1.807, 2.05) is 0 Å². The summed E-state index contributed by atoms with van der Waals surface area (Å²) >= 11 is 6.00. The predicted octanol–water partition coefficient (Wildman–Crippen LogP) is 5.13. The summed E-state index contributed by atoms with van der Waals surface area (Å²) in [5.74, 6) is -0.558. The maximum absolute atomic E-state index is 13.9. The van der Waals surface area contributed by atoms with E-state index in [0.29, 0.717) is 17.0 Å². The quantitative estimate of drug-likeness (QED) is 0.579. The number of hydrogen-bond acceptors (Lipinski definition) is 4. The number of carbonyl (C=O) groups is 1. The molecule has 1 aliphatic carbocycles. The summed E-state index contributed by atoms with van der Waals surface area (Å²) in [6.07, 6.45) is 5.11. The maximum Gasteiger partial charge on any atom is 0.338 e. The van der Waals surface area contributed by atoms with Crippen LogP contribution < -0.4 is 10.5 Å². The SMILES string of the molecule is Nc1ccc(C(=O)OC2CCCCC2)cc1OCc1c(F)cccc1Cl. The summed E-state index contributed by atoms with van der Waals surface area (Å²) in [5, 5.41) is 0.274. The first-order valence-electron chi connectivity index (χ1n) is 8.71. The van der Waals surface area contributed by atoms with Crippen molar-refractivity contribution in [2.75, 3.05) is 5.73 Å². The van der Waals surface area contributed by atoms with Crippen molar-refractivity contribution in [2.24, 2.45) is 0 Å². The van der Waals surface area contributed by atoms with Crippen LogP contribution in [0, 0.1) is 5.82 Å². The van der Waals surface area contributed by atoms with Gasteiger partial charge in [0.15, 0.2) is 0 Å². The fourth-order valence-electron chi connectivity index (χ4n) is 3.01. The van der Waals surface area contributed by atoms with E-state index in [4.69, 9.17) is 26.8 Å².